The minimum Gasteiger partial charge on any atom is -0.272 e. The van der Waals surface area contributed by atoms with E-state index in [0.717, 1.165) is 29.9 Å². The Kier molecular flexibility index (Phi) is 2.86. The van der Waals surface area contributed by atoms with Crippen LogP contribution < -0.4 is 0 Å². The summed E-state index contributed by atoms with van der Waals surface area (Å²) in [6.45, 7) is 1.87. The Labute approximate surface area is 117 Å². The van der Waals surface area contributed by atoms with Gasteiger partial charge in [-0.05, 0) is 65.6 Å². The zero-order valence-corrected chi connectivity index (χ0v) is 12.1. The Balaban J connectivity index is 2.23. The summed E-state index contributed by atoms with van der Waals surface area (Å²) < 4.78 is 16.4. The fourth-order valence-electron chi connectivity index (χ4n) is 2.03. The third kappa shape index (κ3) is 1.93. The number of aromatic amines is 1. The van der Waals surface area contributed by atoms with Crippen LogP contribution in [0, 0.1) is 17.5 Å². The lowest BCUT2D eigenvalue weighted by atomic mass is 10.2. The zero-order chi connectivity index (χ0) is 12.9. The summed E-state index contributed by atoms with van der Waals surface area (Å²) in [5.41, 5.74) is 1.72. The van der Waals surface area contributed by atoms with Crippen molar-refractivity contribution < 1.29 is 4.39 Å². The van der Waals surface area contributed by atoms with Crippen molar-refractivity contribution in [2.45, 2.75) is 25.7 Å². The second-order valence-corrected chi connectivity index (χ2v) is 5.79. The number of halogens is 2. The average Bonchev–Trinajstić information content (AvgIpc) is 3.09. The molecule has 0 aliphatic heterocycles. The monoisotopic (exact) mass is 327 g/mol. The lowest BCUT2D eigenvalue weighted by Gasteiger charge is -2.10. The van der Waals surface area contributed by atoms with Crippen LogP contribution in [0.2, 0.25) is 0 Å². The van der Waals surface area contributed by atoms with Crippen LogP contribution in [0.5, 0.6) is 0 Å². The van der Waals surface area contributed by atoms with Gasteiger partial charge in [0.2, 0.25) is 0 Å². The van der Waals surface area contributed by atoms with Crippen molar-refractivity contribution in [3.63, 3.8) is 0 Å². The van der Waals surface area contributed by atoms with Crippen molar-refractivity contribution in [3.05, 3.63) is 38.6 Å². The molecule has 1 heterocycles. The number of aromatic nitrogens is 3. The predicted octanol–water partition coefficient (Wildman–Crippen LogP) is 4.02. The molecular weight excluding hydrogens is 317 g/mol. The minimum absolute atomic E-state index is 0.265. The fourth-order valence-corrected chi connectivity index (χ4v) is 2.60. The number of aryl methyl sites for hydroxylation is 1. The Morgan fingerprint density at radius 1 is 1.50 bits per heavy atom. The number of nitrogens with zero attached hydrogens (tertiary/aromatic N) is 2. The molecule has 6 heteroatoms. The van der Waals surface area contributed by atoms with E-state index in [0.29, 0.717) is 15.2 Å². The van der Waals surface area contributed by atoms with Crippen LogP contribution in [0.4, 0.5) is 4.39 Å². The molecule has 3 rings (SSSR count). The van der Waals surface area contributed by atoms with Gasteiger partial charge in [-0.15, -0.1) is 0 Å². The van der Waals surface area contributed by atoms with Gasteiger partial charge in [0, 0.05) is 5.92 Å². The maximum absolute atomic E-state index is 13.5. The smallest absolute Gasteiger partial charge is 0.199 e. The minimum atomic E-state index is -0.265. The molecule has 1 saturated carbocycles. The summed E-state index contributed by atoms with van der Waals surface area (Å²) in [6.07, 6.45) is 2.28. The van der Waals surface area contributed by atoms with E-state index in [2.05, 4.69) is 26.1 Å². The van der Waals surface area contributed by atoms with Crippen molar-refractivity contribution >= 4 is 28.1 Å². The van der Waals surface area contributed by atoms with Crippen LogP contribution in [-0.4, -0.2) is 14.8 Å². The molecule has 0 atom stereocenters. The SMILES string of the molecule is Cc1cc(F)c(Br)cc1-n1c(C2CC2)n[nH]c1=S. The Morgan fingerprint density at radius 2 is 2.22 bits per heavy atom. The van der Waals surface area contributed by atoms with Crippen molar-refractivity contribution in [1.82, 2.24) is 14.8 Å². The highest BCUT2D eigenvalue weighted by molar-refractivity contribution is 9.10. The first-order valence-electron chi connectivity index (χ1n) is 5.71. The van der Waals surface area contributed by atoms with Gasteiger partial charge < -0.3 is 0 Å². The van der Waals surface area contributed by atoms with E-state index in [9.17, 15) is 4.39 Å². The molecule has 3 nitrogen and oxygen atoms in total. The van der Waals surface area contributed by atoms with Crippen LogP contribution in [0.1, 0.15) is 30.1 Å². The van der Waals surface area contributed by atoms with Gasteiger partial charge in [0.05, 0.1) is 10.2 Å². The van der Waals surface area contributed by atoms with E-state index in [1.54, 1.807) is 6.07 Å². The zero-order valence-electron chi connectivity index (χ0n) is 9.70. The van der Waals surface area contributed by atoms with Gasteiger partial charge in [0.25, 0.3) is 0 Å². The van der Waals surface area contributed by atoms with Gasteiger partial charge in [0.1, 0.15) is 11.6 Å². The van der Waals surface area contributed by atoms with Gasteiger partial charge in [0.15, 0.2) is 4.77 Å². The molecule has 0 amide bonds. The summed E-state index contributed by atoms with van der Waals surface area (Å²) in [5, 5.41) is 7.11. The van der Waals surface area contributed by atoms with Crippen molar-refractivity contribution in [2.24, 2.45) is 0 Å². The first-order valence-corrected chi connectivity index (χ1v) is 6.91. The Morgan fingerprint density at radius 3 is 2.89 bits per heavy atom. The number of nitrogens with one attached hydrogen (secondary N) is 1. The standard InChI is InChI=1S/C12H11BrFN3S/c1-6-4-9(14)8(13)5-10(6)17-11(7-2-3-7)15-16-12(17)18/h4-5,7H,2-3H2,1H3,(H,16,18). The van der Waals surface area contributed by atoms with Gasteiger partial charge in [-0.3, -0.25) is 9.67 Å². The molecule has 1 aliphatic carbocycles. The lowest BCUT2D eigenvalue weighted by molar-refractivity contribution is 0.619. The molecule has 0 bridgehead atoms. The maximum atomic E-state index is 13.5. The normalized spacial score (nSPS) is 15.1. The maximum Gasteiger partial charge on any atom is 0.199 e. The summed E-state index contributed by atoms with van der Waals surface area (Å²) >= 11 is 8.49. The molecule has 1 fully saturated rings. The number of H-pyrrole nitrogens is 1. The molecule has 0 unspecified atom stereocenters. The molecule has 1 aromatic carbocycles. The van der Waals surface area contributed by atoms with E-state index in [1.807, 2.05) is 11.5 Å². The van der Waals surface area contributed by atoms with Gasteiger partial charge in [-0.1, -0.05) is 0 Å². The van der Waals surface area contributed by atoms with E-state index in [-0.39, 0.29) is 5.82 Å². The highest BCUT2D eigenvalue weighted by Gasteiger charge is 2.30. The highest BCUT2D eigenvalue weighted by atomic mass is 79.9. The number of hydrogen-bond donors (Lipinski definition) is 1. The largest absolute Gasteiger partial charge is 0.272 e. The topological polar surface area (TPSA) is 33.6 Å². The van der Waals surface area contributed by atoms with Gasteiger partial charge in [-0.2, -0.15) is 5.10 Å². The number of benzene rings is 1. The van der Waals surface area contributed by atoms with Crippen molar-refractivity contribution in [3.8, 4) is 5.69 Å². The molecule has 0 spiro atoms. The summed E-state index contributed by atoms with van der Waals surface area (Å²) in [6, 6.07) is 3.26. The average molecular weight is 328 g/mol. The van der Waals surface area contributed by atoms with E-state index in [1.165, 1.54) is 6.07 Å². The highest BCUT2D eigenvalue weighted by Crippen LogP contribution is 2.40. The van der Waals surface area contributed by atoms with Crippen molar-refractivity contribution in [2.75, 3.05) is 0 Å². The van der Waals surface area contributed by atoms with Crippen LogP contribution >= 0.6 is 28.1 Å². The molecule has 0 saturated heterocycles. The molecule has 1 N–H and O–H groups in total. The van der Waals surface area contributed by atoms with Crippen LogP contribution in [-0.2, 0) is 0 Å². The van der Waals surface area contributed by atoms with E-state index >= 15 is 0 Å². The number of hydrogen-bond acceptors (Lipinski definition) is 2. The van der Waals surface area contributed by atoms with Crippen LogP contribution in [0.3, 0.4) is 0 Å². The molecule has 1 aromatic heterocycles. The van der Waals surface area contributed by atoms with Crippen molar-refractivity contribution in [1.29, 1.82) is 0 Å². The molecule has 2 aromatic rings. The first-order chi connectivity index (χ1) is 8.58. The van der Waals surface area contributed by atoms with E-state index in [4.69, 9.17) is 12.2 Å². The second-order valence-electron chi connectivity index (χ2n) is 4.55. The summed E-state index contributed by atoms with van der Waals surface area (Å²) in [7, 11) is 0. The first kappa shape index (κ1) is 12.0. The molecular formula is C12H11BrFN3S. The predicted molar refractivity (Wildman–Crippen MR) is 73.1 cm³/mol. The summed E-state index contributed by atoms with van der Waals surface area (Å²) in [5.74, 6) is 1.15. The van der Waals surface area contributed by atoms with E-state index < -0.39 is 0 Å². The molecule has 18 heavy (non-hydrogen) atoms. The lowest BCUT2D eigenvalue weighted by Crippen LogP contribution is -2.03. The number of rotatable bonds is 2. The molecule has 94 valence electrons. The quantitative estimate of drug-likeness (QED) is 0.845. The third-order valence-electron chi connectivity index (χ3n) is 3.12. The Bertz CT molecular complexity index is 672. The Hall–Kier alpha value is -1.01. The molecule has 0 radical (unpaired) electrons. The summed E-state index contributed by atoms with van der Waals surface area (Å²) in [4.78, 5) is 0. The molecule has 1 aliphatic rings. The van der Waals surface area contributed by atoms with Gasteiger partial charge in [-0.25, -0.2) is 4.39 Å². The van der Waals surface area contributed by atoms with Crippen LogP contribution in [0.15, 0.2) is 16.6 Å². The van der Waals surface area contributed by atoms with Gasteiger partial charge >= 0.3 is 0 Å². The fraction of sp³-hybridized carbons (Fsp3) is 0.333. The third-order valence-corrected chi connectivity index (χ3v) is 4.00. The second kappa shape index (κ2) is 4.28. The van der Waals surface area contributed by atoms with Crippen LogP contribution in [0.25, 0.3) is 5.69 Å².